The van der Waals surface area contributed by atoms with Gasteiger partial charge in [-0.15, -0.1) is 0 Å². The molecule has 0 saturated carbocycles. The summed E-state index contributed by atoms with van der Waals surface area (Å²) in [7, 11) is 3.38. The number of nitrogens with one attached hydrogen (secondary N) is 1. The molecule has 0 unspecified atom stereocenters. The Kier molecular flexibility index (Phi) is 7.68. The van der Waals surface area contributed by atoms with Gasteiger partial charge in [-0.25, -0.2) is 4.99 Å². The number of likely N-dealkylation sites (N-methyl/N-ethyl adjacent to an activating group) is 1. The largest absolute Gasteiger partial charge is 0.416 e. The molecule has 9 heteroatoms. The van der Waals surface area contributed by atoms with Crippen molar-refractivity contribution in [2.45, 2.75) is 19.6 Å². The first-order valence-corrected chi connectivity index (χ1v) is 9.32. The van der Waals surface area contributed by atoms with Crippen LogP contribution in [0.4, 0.5) is 13.2 Å². The first-order chi connectivity index (χ1) is 13.2. The Morgan fingerprint density at radius 2 is 1.89 bits per heavy atom. The Morgan fingerprint density at radius 3 is 2.46 bits per heavy atom. The topological polar surface area (TPSA) is 51.2 Å². The van der Waals surface area contributed by atoms with E-state index in [4.69, 9.17) is 0 Å². The van der Waals surface area contributed by atoms with Crippen LogP contribution >= 0.6 is 0 Å². The van der Waals surface area contributed by atoms with Crippen molar-refractivity contribution in [3.63, 3.8) is 0 Å². The van der Waals surface area contributed by atoms with E-state index in [-0.39, 0.29) is 12.5 Å². The van der Waals surface area contributed by atoms with Gasteiger partial charge in [-0.2, -0.15) is 13.2 Å². The SMILES string of the molecule is CCNC(=NCC(=O)N(C)C)N1CCN(Cc2cccc(C(F)(F)F)c2)CC1. The molecule has 1 aliphatic rings. The molecule has 1 aliphatic heterocycles. The van der Waals surface area contributed by atoms with Crippen molar-refractivity contribution in [2.24, 2.45) is 4.99 Å². The number of carbonyl (C=O) groups is 1. The summed E-state index contributed by atoms with van der Waals surface area (Å²) in [6.07, 6.45) is -4.32. The maximum Gasteiger partial charge on any atom is 0.416 e. The normalized spacial score (nSPS) is 16.2. The van der Waals surface area contributed by atoms with Crippen LogP contribution in [-0.2, 0) is 17.5 Å². The van der Waals surface area contributed by atoms with E-state index >= 15 is 0 Å². The molecule has 1 heterocycles. The maximum absolute atomic E-state index is 12.9. The molecule has 0 atom stereocenters. The molecule has 1 fully saturated rings. The van der Waals surface area contributed by atoms with Gasteiger partial charge in [0.25, 0.3) is 0 Å². The number of nitrogens with zero attached hydrogens (tertiary/aromatic N) is 4. The number of halogens is 3. The van der Waals surface area contributed by atoms with Gasteiger partial charge in [0.1, 0.15) is 6.54 Å². The van der Waals surface area contributed by atoms with Gasteiger partial charge < -0.3 is 15.1 Å². The Hall–Kier alpha value is -2.29. The number of aliphatic imine (C=N–C) groups is 1. The molecule has 1 N–H and O–H groups in total. The number of hydrogen-bond donors (Lipinski definition) is 1. The van der Waals surface area contributed by atoms with Crippen LogP contribution in [-0.4, -0.2) is 79.9 Å². The molecule has 1 aromatic carbocycles. The lowest BCUT2D eigenvalue weighted by atomic mass is 10.1. The smallest absolute Gasteiger partial charge is 0.357 e. The van der Waals surface area contributed by atoms with E-state index in [1.807, 2.05) is 6.92 Å². The zero-order valence-electron chi connectivity index (χ0n) is 16.6. The average molecular weight is 399 g/mol. The Morgan fingerprint density at radius 1 is 1.21 bits per heavy atom. The van der Waals surface area contributed by atoms with Crippen molar-refractivity contribution in [3.05, 3.63) is 35.4 Å². The summed E-state index contributed by atoms with van der Waals surface area (Å²) in [5.41, 5.74) is 0.0381. The summed E-state index contributed by atoms with van der Waals surface area (Å²) in [5, 5.41) is 3.20. The standard InChI is InChI=1S/C19H28F3N5O/c1-4-23-18(24-13-17(28)25(2)3)27-10-8-26(9-11-27)14-15-6-5-7-16(12-15)19(20,21)22/h5-7,12H,4,8-11,13-14H2,1-3H3,(H,23,24). The van der Waals surface area contributed by atoms with Crippen LogP contribution in [0.2, 0.25) is 0 Å². The predicted octanol–water partition coefficient (Wildman–Crippen LogP) is 1.88. The molecular formula is C19H28F3N5O. The molecule has 1 amide bonds. The third-order valence-electron chi connectivity index (χ3n) is 4.53. The van der Waals surface area contributed by atoms with Crippen LogP contribution in [0.5, 0.6) is 0 Å². The summed E-state index contributed by atoms with van der Waals surface area (Å²) in [5.74, 6) is 0.620. The van der Waals surface area contributed by atoms with Gasteiger partial charge in [-0.1, -0.05) is 18.2 Å². The highest BCUT2D eigenvalue weighted by Crippen LogP contribution is 2.29. The molecule has 28 heavy (non-hydrogen) atoms. The minimum absolute atomic E-state index is 0.0708. The van der Waals surface area contributed by atoms with Crippen LogP contribution < -0.4 is 5.32 Å². The number of carbonyl (C=O) groups excluding carboxylic acids is 1. The Balaban J connectivity index is 1.93. The van der Waals surface area contributed by atoms with Crippen molar-refractivity contribution in [2.75, 3.05) is 53.4 Å². The third-order valence-corrected chi connectivity index (χ3v) is 4.53. The fraction of sp³-hybridized carbons (Fsp3) is 0.579. The molecule has 0 radical (unpaired) electrons. The van der Waals surface area contributed by atoms with E-state index in [9.17, 15) is 18.0 Å². The number of guanidine groups is 1. The van der Waals surface area contributed by atoms with Gasteiger partial charge in [0.05, 0.1) is 5.56 Å². The highest BCUT2D eigenvalue weighted by molar-refractivity contribution is 5.84. The summed E-state index contributed by atoms with van der Waals surface area (Å²) in [6.45, 7) is 6.03. The second-order valence-corrected chi connectivity index (χ2v) is 6.92. The van der Waals surface area contributed by atoms with Crippen LogP contribution in [0.25, 0.3) is 0 Å². The zero-order valence-corrected chi connectivity index (χ0v) is 16.6. The first-order valence-electron chi connectivity index (χ1n) is 9.32. The van der Waals surface area contributed by atoms with E-state index < -0.39 is 11.7 Å². The highest BCUT2D eigenvalue weighted by Gasteiger charge is 2.30. The van der Waals surface area contributed by atoms with Gasteiger partial charge in [0.2, 0.25) is 5.91 Å². The van der Waals surface area contributed by atoms with Crippen molar-refractivity contribution < 1.29 is 18.0 Å². The van der Waals surface area contributed by atoms with E-state index in [0.717, 1.165) is 6.07 Å². The average Bonchev–Trinajstić information content (AvgIpc) is 2.65. The molecule has 2 rings (SSSR count). The predicted molar refractivity (Wildman–Crippen MR) is 103 cm³/mol. The molecule has 0 aliphatic carbocycles. The second kappa shape index (κ2) is 9.77. The molecule has 1 aromatic rings. The number of piperazine rings is 1. The highest BCUT2D eigenvalue weighted by atomic mass is 19.4. The van der Waals surface area contributed by atoms with Crippen LogP contribution in [0, 0.1) is 0 Å². The monoisotopic (exact) mass is 399 g/mol. The number of benzene rings is 1. The quantitative estimate of drug-likeness (QED) is 0.607. The fourth-order valence-corrected chi connectivity index (χ4v) is 2.93. The summed E-state index contributed by atoms with van der Waals surface area (Å²) < 4.78 is 38.6. The van der Waals surface area contributed by atoms with E-state index in [1.165, 1.54) is 17.0 Å². The van der Waals surface area contributed by atoms with E-state index in [1.54, 1.807) is 20.2 Å². The van der Waals surface area contributed by atoms with Gasteiger partial charge in [-0.05, 0) is 18.6 Å². The number of hydrogen-bond acceptors (Lipinski definition) is 3. The van der Waals surface area contributed by atoms with Gasteiger partial charge in [0, 0.05) is 53.4 Å². The van der Waals surface area contributed by atoms with Crippen molar-refractivity contribution in [1.82, 2.24) is 20.0 Å². The minimum Gasteiger partial charge on any atom is -0.357 e. The van der Waals surface area contributed by atoms with E-state index in [0.29, 0.717) is 50.8 Å². The number of rotatable bonds is 5. The van der Waals surface area contributed by atoms with Crippen LogP contribution in [0.3, 0.4) is 0 Å². The summed E-state index contributed by atoms with van der Waals surface area (Å²) >= 11 is 0. The first kappa shape index (κ1) is 22.0. The van der Waals surface area contributed by atoms with Crippen molar-refractivity contribution in [3.8, 4) is 0 Å². The van der Waals surface area contributed by atoms with Crippen LogP contribution in [0.15, 0.2) is 29.3 Å². The molecule has 0 spiro atoms. The number of alkyl halides is 3. The maximum atomic E-state index is 12.9. The Labute approximate surface area is 164 Å². The third kappa shape index (κ3) is 6.40. The second-order valence-electron chi connectivity index (χ2n) is 6.92. The van der Waals surface area contributed by atoms with Crippen LogP contribution in [0.1, 0.15) is 18.1 Å². The molecule has 0 aromatic heterocycles. The Bertz CT molecular complexity index is 682. The zero-order chi connectivity index (χ0) is 20.7. The number of amides is 1. The van der Waals surface area contributed by atoms with Gasteiger partial charge in [-0.3, -0.25) is 9.69 Å². The van der Waals surface area contributed by atoms with Gasteiger partial charge >= 0.3 is 6.18 Å². The molecular weight excluding hydrogens is 371 g/mol. The lowest BCUT2D eigenvalue weighted by Crippen LogP contribution is -2.52. The molecule has 156 valence electrons. The molecule has 1 saturated heterocycles. The fourth-order valence-electron chi connectivity index (χ4n) is 2.93. The molecule has 0 bridgehead atoms. The van der Waals surface area contributed by atoms with Gasteiger partial charge in [0.15, 0.2) is 5.96 Å². The summed E-state index contributed by atoms with van der Waals surface area (Å²) in [6, 6.07) is 5.48. The van der Waals surface area contributed by atoms with Crippen molar-refractivity contribution in [1.29, 1.82) is 0 Å². The minimum atomic E-state index is -4.32. The lowest BCUT2D eigenvalue weighted by molar-refractivity contribution is -0.137. The molecule has 6 nitrogen and oxygen atoms in total. The summed E-state index contributed by atoms with van der Waals surface area (Å²) in [4.78, 5) is 21.9. The van der Waals surface area contributed by atoms with Crippen molar-refractivity contribution >= 4 is 11.9 Å². The van der Waals surface area contributed by atoms with E-state index in [2.05, 4.69) is 20.1 Å². The lowest BCUT2D eigenvalue weighted by Gasteiger charge is -2.36.